The van der Waals surface area contributed by atoms with Crippen LogP contribution in [0.4, 0.5) is 16.2 Å². The highest BCUT2D eigenvalue weighted by Gasteiger charge is 2.14. The number of carbonyl (C=O) groups is 1. The second-order valence-electron chi connectivity index (χ2n) is 5.99. The number of urea groups is 1. The predicted molar refractivity (Wildman–Crippen MR) is 101 cm³/mol. The fraction of sp³-hybridized carbons (Fsp3) is 0.158. The Labute approximate surface area is 156 Å². The maximum absolute atomic E-state index is 12.2. The summed E-state index contributed by atoms with van der Waals surface area (Å²) in [6.07, 6.45) is 3.59. The highest BCUT2D eigenvalue weighted by molar-refractivity contribution is 5.90. The third-order valence-corrected chi connectivity index (χ3v) is 4.20. The van der Waals surface area contributed by atoms with Crippen LogP contribution < -0.4 is 10.6 Å². The Morgan fingerprint density at radius 1 is 1.15 bits per heavy atom. The predicted octanol–water partition coefficient (Wildman–Crippen LogP) is 3.47. The first-order chi connectivity index (χ1) is 13.0. The molecule has 2 aromatic carbocycles. The molecule has 0 unspecified atom stereocenters. The third-order valence-electron chi connectivity index (χ3n) is 4.20. The van der Waals surface area contributed by atoms with Crippen LogP contribution in [-0.4, -0.2) is 20.7 Å². The molecule has 3 rings (SSSR count). The molecule has 0 fully saturated rings. The van der Waals surface area contributed by atoms with Gasteiger partial charge in [0.1, 0.15) is 0 Å². The third kappa shape index (κ3) is 4.49. The molecule has 138 valence electrons. The van der Waals surface area contributed by atoms with Gasteiger partial charge in [-0.05, 0) is 30.2 Å². The highest BCUT2D eigenvalue weighted by atomic mass is 16.6. The monoisotopic (exact) mass is 365 g/mol. The van der Waals surface area contributed by atoms with Crippen LogP contribution in [0.5, 0.6) is 0 Å². The Hall–Kier alpha value is -3.68. The lowest BCUT2D eigenvalue weighted by molar-refractivity contribution is -0.385. The molecular weight excluding hydrogens is 346 g/mol. The number of amides is 2. The molecule has 2 N–H and O–H groups in total. The van der Waals surface area contributed by atoms with Crippen molar-refractivity contribution >= 4 is 17.4 Å². The molecule has 8 heteroatoms. The van der Waals surface area contributed by atoms with E-state index in [2.05, 4.69) is 15.7 Å². The van der Waals surface area contributed by atoms with Crippen molar-refractivity contribution < 1.29 is 9.72 Å². The van der Waals surface area contributed by atoms with Gasteiger partial charge in [0.05, 0.1) is 22.7 Å². The molecule has 0 saturated heterocycles. The average Bonchev–Trinajstić information content (AvgIpc) is 3.15. The maximum atomic E-state index is 12.2. The molecule has 0 aliphatic rings. The van der Waals surface area contributed by atoms with E-state index in [9.17, 15) is 14.9 Å². The number of hydrogen-bond donors (Lipinski definition) is 2. The summed E-state index contributed by atoms with van der Waals surface area (Å²) in [4.78, 5) is 22.8. The molecular formula is C19H19N5O3. The van der Waals surface area contributed by atoms with Crippen molar-refractivity contribution in [3.63, 3.8) is 0 Å². The van der Waals surface area contributed by atoms with Crippen LogP contribution in [0.3, 0.4) is 0 Å². The van der Waals surface area contributed by atoms with Crippen LogP contribution in [0.2, 0.25) is 0 Å². The summed E-state index contributed by atoms with van der Waals surface area (Å²) in [5.74, 6) is 0. The summed E-state index contributed by atoms with van der Waals surface area (Å²) < 4.78 is 1.81. The van der Waals surface area contributed by atoms with Crippen LogP contribution in [0.1, 0.15) is 16.7 Å². The Bertz CT molecular complexity index is 954. The Balaban J connectivity index is 1.65. The van der Waals surface area contributed by atoms with Gasteiger partial charge in [-0.25, -0.2) is 4.79 Å². The molecule has 1 heterocycles. The van der Waals surface area contributed by atoms with Crippen molar-refractivity contribution in [3.05, 3.63) is 87.7 Å². The lowest BCUT2D eigenvalue weighted by atomic mass is 10.1. The number of nitrogens with one attached hydrogen (secondary N) is 2. The van der Waals surface area contributed by atoms with Crippen LogP contribution in [-0.2, 0) is 13.1 Å². The minimum absolute atomic E-state index is 0.0302. The fourth-order valence-corrected chi connectivity index (χ4v) is 2.75. The van der Waals surface area contributed by atoms with E-state index in [0.29, 0.717) is 24.3 Å². The number of anilines is 1. The van der Waals surface area contributed by atoms with Gasteiger partial charge >= 0.3 is 6.03 Å². The van der Waals surface area contributed by atoms with Crippen molar-refractivity contribution in [2.45, 2.75) is 20.0 Å². The summed E-state index contributed by atoms with van der Waals surface area (Å²) in [6, 6.07) is 13.8. The van der Waals surface area contributed by atoms with Gasteiger partial charge in [-0.1, -0.05) is 30.3 Å². The molecule has 8 nitrogen and oxygen atoms in total. The number of nitro benzene ring substituents is 1. The topological polar surface area (TPSA) is 102 Å². The van der Waals surface area contributed by atoms with Crippen LogP contribution in [0.15, 0.2) is 60.9 Å². The zero-order chi connectivity index (χ0) is 19.2. The zero-order valence-electron chi connectivity index (χ0n) is 14.8. The van der Waals surface area contributed by atoms with E-state index >= 15 is 0 Å². The zero-order valence-corrected chi connectivity index (χ0v) is 14.8. The van der Waals surface area contributed by atoms with Crippen LogP contribution in [0.25, 0.3) is 0 Å². The van der Waals surface area contributed by atoms with Gasteiger partial charge in [0.2, 0.25) is 0 Å². The maximum Gasteiger partial charge on any atom is 0.319 e. The Morgan fingerprint density at radius 3 is 2.63 bits per heavy atom. The summed E-state index contributed by atoms with van der Waals surface area (Å²) in [6.45, 7) is 2.54. The molecule has 2 amide bonds. The first-order valence-corrected chi connectivity index (χ1v) is 8.37. The average molecular weight is 365 g/mol. The number of benzene rings is 2. The van der Waals surface area contributed by atoms with Crippen LogP contribution >= 0.6 is 0 Å². The lowest BCUT2D eigenvalue weighted by Gasteiger charge is -2.13. The van der Waals surface area contributed by atoms with Gasteiger partial charge in [0.15, 0.2) is 0 Å². The van der Waals surface area contributed by atoms with E-state index < -0.39 is 11.0 Å². The number of carbonyl (C=O) groups excluding carboxylic acids is 1. The van der Waals surface area contributed by atoms with Crippen molar-refractivity contribution in [2.75, 3.05) is 5.32 Å². The van der Waals surface area contributed by atoms with Crippen LogP contribution in [0, 0.1) is 17.0 Å². The molecule has 0 spiro atoms. The second-order valence-corrected chi connectivity index (χ2v) is 5.99. The van der Waals surface area contributed by atoms with Crippen molar-refractivity contribution in [2.24, 2.45) is 0 Å². The quantitative estimate of drug-likeness (QED) is 0.516. The standard InChI is InChI=1S/C19H19N5O3/c1-14-17(8-4-9-18(14)24(26)27)22-19(25)20-12-15-6-2-3-7-16(15)13-23-11-5-10-21-23/h2-11H,12-13H2,1H3,(H2,20,22,25). The molecule has 0 saturated carbocycles. The SMILES string of the molecule is Cc1c(NC(=O)NCc2ccccc2Cn2cccn2)cccc1[N+](=O)[O-]. The highest BCUT2D eigenvalue weighted by Crippen LogP contribution is 2.24. The first kappa shape index (κ1) is 18.1. The van der Waals surface area contributed by atoms with E-state index in [-0.39, 0.29) is 5.69 Å². The number of rotatable bonds is 6. The normalized spacial score (nSPS) is 10.4. The first-order valence-electron chi connectivity index (χ1n) is 8.37. The smallest absolute Gasteiger partial charge is 0.319 e. The molecule has 1 aromatic heterocycles. The number of nitrogens with zero attached hydrogens (tertiary/aromatic N) is 3. The minimum atomic E-state index is -0.468. The van der Waals surface area contributed by atoms with E-state index in [4.69, 9.17) is 0 Å². The van der Waals surface area contributed by atoms with Gasteiger partial charge in [-0.3, -0.25) is 14.8 Å². The largest absolute Gasteiger partial charge is 0.334 e. The van der Waals surface area contributed by atoms with Gasteiger partial charge < -0.3 is 10.6 Å². The fourth-order valence-electron chi connectivity index (χ4n) is 2.75. The number of aromatic nitrogens is 2. The van der Waals surface area contributed by atoms with Crippen molar-refractivity contribution in [1.82, 2.24) is 15.1 Å². The molecule has 27 heavy (non-hydrogen) atoms. The molecule has 0 atom stereocenters. The molecule has 3 aromatic rings. The molecule has 0 aliphatic carbocycles. The van der Waals surface area contributed by atoms with E-state index in [1.165, 1.54) is 6.07 Å². The Kier molecular flexibility index (Phi) is 5.46. The molecule has 0 bridgehead atoms. The summed E-state index contributed by atoms with van der Waals surface area (Å²) in [5.41, 5.74) is 2.81. The summed E-state index contributed by atoms with van der Waals surface area (Å²) in [5, 5.41) is 20.7. The summed E-state index contributed by atoms with van der Waals surface area (Å²) in [7, 11) is 0. The van der Waals surface area contributed by atoms with Crippen molar-refractivity contribution in [1.29, 1.82) is 0 Å². The van der Waals surface area contributed by atoms with E-state index in [1.54, 1.807) is 25.3 Å². The summed E-state index contributed by atoms with van der Waals surface area (Å²) >= 11 is 0. The van der Waals surface area contributed by atoms with Gasteiger partial charge in [0.25, 0.3) is 5.69 Å². The number of nitro groups is 1. The van der Waals surface area contributed by atoms with E-state index in [0.717, 1.165) is 11.1 Å². The molecule has 0 radical (unpaired) electrons. The number of hydrogen-bond acceptors (Lipinski definition) is 4. The van der Waals surface area contributed by atoms with Crippen molar-refractivity contribution in [3.8, 4) is 0 Å². The van der Waals surface area contributed by atoms with Gasteiger partial charge in [-0.2, -0.15) is 5.10 Å². The van der Waals surface area contributed by atoms with Gasteiger partial charge in [0, 0.05) is 25.0 Å². The van der Waals surface area contributed by atoms with E-state index in [1.807, 2.05) is 41.2 Å². The second kappa shape index (κ2) is 8.13. The van der Waals surface area contributed by atoms with Gasteiger partial charge in [-0.15, -0.1) is 0 Å². The minimum Gasteiger partial charge on any atom is -0.334 e. The Morgan fingerprint density at radius 2 is 1.93 bits per heavy atom. The lowest BCUT2D eigenvalue weighted by Crippen LogP contribution is -2.29. The molecule has 0 aliphatic heterocycles.